The molecule has 0 saturated carbocycles. The van der Waals surface area contributed by atoms with Gasteiger partial charge in [-0.05, 0) is 41.2 Å². The molecule has 3 aromatic rings. The highest BCUT2D eigenvalue weighted by Crippen LogP contribution is 2.19. The Morgan fingerprint density at radius 3 is 2.29 bits per heavy atom. The maximum atomic E-state index is 13.5. The minimum absolute atomic E-state index is 0.176. The minimum atomic E-state index is -0.361. The second-order valence-electron chi connectivity index (χ2n) is 10.2. The summed E-state index contributed by atoms with van der Waals surface area (Å²) in [7, 11) is 0. The van der Waals surface area contributed by atoms with Crippen molar-refractivity contribution in [3.05, 3.63) is 83.9 Å². The van der Waals surface area contributed by atoms with Gasteiger partial charge in [0.15, 0.2) is 0 Å². The molecule has 0 unspecified atom stereocenters. The van der Waals surface area contributed by atoms with E-state index in [0.29, 0.717) is 32.5 Å². The molecule has 1 saturated heterocycles. The van der Waals surface area contributed by atoms with Crippen LogP contribution in [0.15, 0.2) is 72.8 Å². The Bertz CT molecular complexity index is 1160. The zero-order valence-corrected chi connectivity index (χ0v) is 22.2. The molecule has 38 heavy (non-hydrogen) atoms. The number of rotatable bonds is 13. The standard InChI is InChI=1S/C31H40N4O3/c36-30(32-38)16-5-2-8-18-35(19-17-28-14-9-13-27-12-6-7-15-29(27)28)31(37)25-34-22-20-33(21-23-34)24-26-10-3-1-4-11-26/h1,3-4,6-7,9-15,38H,2,5,8,16-25H2,(H,32,36). The SMILES string of the molecule is O=C(CCCCCN(CCc1cccc2ccccc12)C(=O)CN1CCN(Cc2ccccc2)CC1)NO. The molecule has 0 aromatic heterocycles. The largest absolute Gasteiger partial charge is 0.341 e. The average Bonchev–Trinajstić information content (AvgIpc) is 2.95. The maximum Gasteiger partial charge on any atom is 0.243 e. The monoisotopic (exact) mass is 516 g/mol. The molecule has 0 aliphatic carbocycles. The summed E-state index contributed by atoms with van der Waals surface area (Å²) >= 11 is 0. The summed E-state index contributed by atoms with van der Waals surface area (Å²) in [5.74, 6) is -0.185. The van der Waals surface area contributed by atoms with Crippen LogP contribution in [0.25, 0.3) is 10.8 Å². The van der Waals surface area contributed by atoms with Crippen LogP contribution in [-0.2, 0) is 22.6 Å². The van der Waals surface area contributed by atoms with E-state index in [2.05, 4.69) is 76.5 Å². The molecule has 1 heterocycles. The smallest absolute Gasteiger partial charge is 0.243 e. The number of unbranched alkanes of at least 4 members (excludes halogenated alkanes) is 2. The number of fused-ring (bicyclic) bond motifs is 1. The molecule has 3 aromatic carbocycles. The molecule has 1 fully saturated rings. The Morgan fingerprint density at radius 1 is 0.789 bits per heavy atom. The van der Waals surface area contributed by atoms with Crippen LogP contribution in [0.2, 0.25) is 0 Å². The quantitative estimate of drug-likeness (QED) is 0.203. The van der Waals surface area contributed by atoms with Gasteiger partial charge in [0.2, 0.25) is 11.8 Å². The highest BCUT2D eigenvalue weighted by molar-refractivity contribution is 5.85. The predicted molar refractivity (Wildman–Crippen MR) is 151 cm³/mol. The molecule has 1 aliphatic heterocycles. The van der Waals surface area contributed by atoms with Gasteiger partial charge in [-0.15, -0.1) is 0 Å². The number of nitrogens with one attached hydrogen (secondary N) is 1. The second-order valence-corrected chi connectivity index (χ2v) is 10.2. The summed E-state index contributed by atoms with van der Waals surface area (Å²) in [6.07, 6.45) is 3.48. The van der Waals surface area contributed by atoms with Crippen LogP contribution < -0.4 is 5.48 Å². The first-order chi connectivity index (χ1) is 18.6. The third-order valence-electron chi connectivity index (χ3n) is 7.41. The molecule has 202 valence electrons. The molecule has 0 atom stereocenters. The van der Waals surface area contributed by atoms with E-state index in [9.17, 15) is 9.59 Å². The zero-order chi connectivity index (χ0) is 26.6. The van der Waals surface area contributed by atoms with Crippen LogP contribution in [0, 0.1) is 0 Å². The van der Waals surface area contributed by atoms with Gasteiger partial charge in [0.05, 0.1) is 6.54 Å². The Labute approximate surface area is 226 Å². The fourth-order valence-corrected chi connectivity index (χ4v) is 5.19. The van der Waals surface area contributed by atoms with Gasteiger partial charge in [-0.25, -0.2) is 5.48 Å². The fourth-order valence-electron chi connectivity index (χ4n) is 5.19. The van der Waals surface area contributed by atoms with E-state index in [1.54, 1.807) is 5.48 Å². The number of carbonyl (C=O) groups is 2. The Kier molecular flexibility index (Phi) is 10.7. The van der Waals surface area contributed by atoms with Crippen LogP contribution in [-0.4, -0.2) is 77.5 Å². The van der Waals surface area contributed by atoms with Crippen molar-refractivity contribution < 1.29 is 14.8 Å². The molecule has 7 heteroatoms. The maximum absolute atomic E-state index is 13.5. The number of piperazine rings is 1. The zero-order valence-electron chi connectivity index (χ0n) is 22.2. The summed E-state index contributed by atoms with van der Waals surface area (Å²) in [6, 6.07) is 25.3. The van der Waals surface area contributed by atoms with E-state index >= 15 is 0 Å². The number of hydrogen-bond acceptors (Lipinski definition) is 5. The van der Waals surface area contributed by atoms with Gasteiger partial charge in [0.25, 0.3) is 0 Å². The summed E-state index contributed by atoms with van der Waals surface area (Å²) in [4.78, 5) is 31.5. The van der Waals surface area contributed by atoms with Crippen molar-refractivity contribution in [2.75, 3.05) is 45.8 Å². The number of benzene rings is 3. The van der Waals surface area contributed by atoms with Gasteiger partial charge in [0.1, 0.15) is 0 Å². The lowest BCUT2D eigenvalue weighted by atomic mass is 10.0. The first-order valence-electron chi connectivity index (χ1n) is 13.8. The van der Waals surface area contributed by atoms with E-state index in [1.807, 2.05) is 11.0 Å². The van der Waals surface area contributed by atoms with E-state index in [0.717, 1.165) is 52.0 Å². The van der Waals surface area contributed by atoms with Crippen molar-refractivity contribution in [2.45, 2.75) is 38.6 Å². The summed E-state index contributed by atoms with van der Waals surface area (Å²) in [5, 5.41) is 11.2. The van der Waals surface area contributed by atoms with E-state index in [4.69, 9.17) is 5.21 Å². The average molecular weight is 517 g/mol. The van der Waals surface area contributed by atoms with Gasteiger partial charge in [-0.3, -0.25) is 24.6 Å². The Balaban J connectivity index is 1.31. The highest BCUT2D eigenvalue weighted by atomic mass is 16.5. The van der Waals surface area contributed by atoms with Gasteiger partial charge in [-0.2, -0.15) is 0 Å². The van der Waals surface area contributed by atoms with Crippen LogP contribution in [0.4, 0.5) is 0 Å². The number of hydrogen-bond donors (Lipinski definition) is 2. The highest BCUT2D eigenvalue weighted by Gasteiger charge is 2.22. The van der Waals surface area contributed by atoms with Crippen molar-refractivity contribution in [1.29, 1.82) is 0 Å². The molecule has 4 rings (SSSR count). The van der Waals surface area contributed by atoms with Crippen LogP contribution in [0.5, 0.6) is 0 Å². The fraction of sp³-hybridized carbons (Fsp3) is 0.419. The van der Waals surface area contributed by atoms with Gasteiger partial charge in [0, 0.05) is 52.2 Å². The lowest BCUT2D eigenvalue weighted by molar-refractivity contribution is -0.133. The molecule has 7 nitrogen and oxygen atoms in total. The second kappa shape index (κ2) is 14.6. The van der Waals surface area contributed by atoms with Crippen molar-refractivity contribution in [2.24, 2.45) is 0 Å². The van der Waals surface area contributed by atoms with E-state index < -0.39 is 0 Å². The number of amides is 2. The molecular weight excluding hydrogens is 476 g/mol. The number of hydroxylamine groups is 1. The molecule has 0 bridgehead atoms. The Morgan fingerprint density at radius 2 is 1.50 bits per heavy atom. The van der Waals surface area contributed by atoms with Crippen LogP contribution in [0.3, 0.4) is 0 Å². The van der Waals surface area contributed by atoms with Gasteiger partial charge >= 0.3 is 0 Å². The molecule has 0 spiro atoms. The van der Waals surface area contributed by atoms with Gasteiger partial charge in [-0.1, -0.05) is 79.2 Å². The van der Waals surface area contributed by atoms with Gasteiger partial charge < -0.3 is 4.90 Å². The van der Waals surface area contributed by atoms with Crippen molar-refractivity contribution >= 4 is 22.6 Å². The van der Waals surface area contributed by atoms with Crippen LogP contribution in [0.1, 0.15) is 36.8 Å². The van der Waals surface area contributed by atoms with Crippen molar-refractivity contribution in [1.82, 2.24) is 20.2 Å². The molecule has 2 N–H and O–H groups in total. The minimum Gasteiger partial charge on any atom is -0.341 e. The topological polar surface area (TPSA) is 76.1 Å². The third-order valence-corrected chi connectivity index (χ3v) is 7.41. The van der Waals surface area contributed by atoms with Crippen molar-refractivity contribution in [3.8, 4) is 0 Å². The summed E-state index contributed by atoms with van der Waals surface area (Å²) < 4.78 is 0. The number of nitrogens with zero attached hydrogens (tertiary/aromatic N) is 3. The lowest BCUT2D eigenvalue weighted by Crippen LogP contribution is -2.50. The third kappa shape index (κ3) is 8.38. The van der Waals surface area contributed by atoms with Crippen LogP contribution >= 0.6 is 0 Å². The molecule has 1 aliphatic rings. The summed E-state index contributed by atoms with van der Waals surface area (Å²) in [5.41, 5.74) is 4.27. The molecule has 0 radical (unpaired) electrons. The molecular formula is C31H40N4O3. The summed E-state index contributed by atoms with van der Waals surface area (Å²) in [6.45, 7) is 6.47. The first-order valence-corrected chi connectivity index (χ1v) is 13.8. The molecule has 2 amide bonds. The lowest BCUT2D eigenvalue weighted by Gasteiger charge is -2.35. The Hall–Kier alpha value is -3.26. The van der Waals surface area contributed by atoms with E-state index in [-0.39, 0.29) is 11.8 Å². The predicted octanol–water partition coefficient (Wildman–Crippen LogP) is 4.09. The van der Waals surface area contributed by atoms with Crippen molar-refractivity contribution in [3.63, 3.8) is 0 Å². The first kappa shape index (κ1) is 27.8. The van der Waals surface area contributed by atoms with E-state index in [1.165, 1.54) is 21.9 Å². The normalized spacial score (nSPS) is 14.4. The number of carbonyl (C=O) groups excluding carboxylic acids is 2.